The smallest absolute Gasteiger partial charge is 0.337 e. The molecule has 1 N–H and O–H groups in total. The fraction of sp³-hybridized carbons (Fsp3) is 0. The molecule has 4 rings (SSSR count). The van der Waals surface area contributed by atoms with Crippen LogP contribution in [-0.4, -0.2) is 15.6 Å². The van der Waals surface area contributed by atoms with Crippen LogP contribution in [0.3, 0.4) is 0 Å². The summed E-state index contributed by atoms with van der Waals surface area (Å²) >= 11 is 3.51. The first-order valence-electron chi connectivity index (χ1n) is 7.18. The zero-order chi connectivity index (χ0) is 16.0. The summed E-state index contributed by atoms with van der Waals surface area (Å²) < 4.78 is 2.97. The van der Waals surface area contributed by atoms with Crippen molar-refractivity contribution in [1.29, 1.82) is 0 Å². The number of fused-ring (bicyclic) bond motifs is 3. The topological polar surface area (TPSA) is 42.2 Å². The van der Waals surface area contributed by atoms with E-state index in [2.05, 4.69) is 28.1 Å². The van der Waals surface area contributed by atoms with E-state index in [9.17, 15) is 9.90 Å². The number of carbonyl (C=O) groups is 1. The third-order valence-corrected chi connectivity index (χ3v) is 4.50. The number of aromatic nitrogens is 1. The van der Waals surface area contributed by atoms with Gasteiger partial charge in [-0.2, -0.15) is 0 Å². The molecule has 0 saturated carbocycles. The van der Waals surface area contributed by atoms with E-state index in [-0.39, 0.29) is 5.56 Å². The lowest BCUT2D eigenvalue weighted by molar-refractivity contribution is 0.0697. The van der Waals surface area contributed by atoms with Gasteiger partial charge in [-0.25, -0.2) is 4.79 Å². The van der Waals surface area contributed by atoms with Crippen molar-refractivity contribution in [2.45, 2.75) is 0 Å². The van der Waals surface area contributed by atoms with E-state index in [4.69, 9.17) is 0 Å². The molecule has 1 heterocycles. The van der Waals surface area contributed by atoms with E-state index in [0.717, 1.165) is 26.3 Å². The Morgan fingerprint density at radius 2 is 1.57 bits per heavy atom. The quantitative estimate of drug-likeness (QED) is 0.527. The monoisotopic (exact) mass is 365 g/mol. The van der Waals surface area contributed by atoms with Gasteiger partial charge >= 0.3 is 5.97 Å². The van der Waals surface area contributed by atoms with Crippen LogP contribution < -0.4 is 0 Å². The van der Waals surface area contributed by atoms with Gasteiger partial charge in [0, 0.05) is 15.2 Å². The third kappa shape index (κ3) is 2.14. The van der Waals surface area contributed by atoms with E-state index < -0.39 is 5.97 Å². The van der Waals surface area contributed by atoms with Crippen molar-refractivity contribution < 1.29 is 9.90 Å². The molecular weight excluding hydrogens is 354 g/mol. The van der Waals surface area contributed by atoms with Gasteiger partial charge in [0.25, 0.3) is 0 Å². The fourth-order valence-electron chi connectivity index (χ4n) is 3.05. The van der Waals surface area contributed by atoms with E-state index >= 15 is 0 Å². The molecule has 0 aliphatic rings. The molecule has 1 aromatic heterocycles. The van der Waals surface area contributed by atoms with Crippen LogP contribution in [0.15, 0.2) is 71.2 Å². The van der Waals surface area contributed by atoms with E-state index in [1.165, 1.54) is 0 Å². The molecule has 4 heteroatoms. The van der Waals surface area contributed by atoms with Gasteiger partial charge < -0.3 is 9.67 Å². The lowest BCUT2D eigenvalue weighted by Gasteiger charge is -2.11. The highest BCUT2D eigenvalue weighted by Crippen LogP contribution is 2.34. The van der Waals surface area contributed by atoms with Crippen LogP contribution in [0.25, 0.3) is 27.5 Å². The Labute approximate surface area is 140 Å². The Hall–Kier alpha value is -2.59. The van der Waals surface area contributed by atoms with E-state index in [0.29, 0.717) is 5.69 Å². The molecule has 0 fully saturated rings. The number of nitrogens with zero attached hydrogens (tertiary/aromatic N) is 1. The summed E-state index contributed by atoms with van der Waals surface area (Å²) in [7, 11) is 0. The molecular formula is C19H12BrNO2. The Morgan fingerprint density at radius 1 is 0.870 bits per heavy atom. The van der Waals surface area contributed by atoms with Gasteiger partial charge in [0.2, 0.25) is 0 Å². The lowest BCUT2D eigenvalue weighted by Crippen LogP contribution is -2.05. The summed E-state index contributed by atoms with van der Waals surface area (Å²) in [5, 5.41) is 11.7. The van der Waals surface area contributed by atoms with Gasteiger partial charge in [0.15, 0.2) is 0 Å². The maximum atomic E-state index is 11.6. The number of halogens is 1. The highest BCUT2D eigenvalue weighted by Gasteiger charge is 2.17. The second-order valence-corrected chi connectivity index (χ2v) is 6.25. The second kappa shape index (κ2) is 5.25. The molecule has 0 bridgehead atoms. The van der Waals surface area contributed by atoms with Gasteiger partial charge in [0.1, 0.15) is 0 Å². The van der Waals surface area contributed by atoms with Crippen LogP contribution in [0.1, 0.15) is 10.4 Å². The maximum absolute atomic E-state index is 11.6. The molecule has 0 aliphatic heterocycles. The molecule has 112 valence electrons. The van der Waals surface area contributed by atoms with Gasteiger partial charge in [-0.05, 0) is 30.3 Å². The Balaban J connectivity index is 2.22. The SMILES string of the molecule is O=C(O)c1ccccc1-n1c2ccccc2c2ccc(Br)cc21. The number of benzene rings is 3. The number of carboxylic acid groups (broad SMARTS) is 1. The van der Waals surface area contributed by atoms with Crippen molar-refractivity contribution in [3.8, 4) is 5.69 Å². The molecule has 23 heavy (non-hydrogen) atoms. The minimum atomic E-state index is -0.929. The average molecular weight is 366 g/mol. The molecule has 0 amide bonds. The van der Waals surface area contributed by atoms with Crippen LogP contribution in [0.5, 0.6) is 0 Å². The van der Waals surface area contributed by atoms with Gasteiger partial charge in [-0.15, -0.1) is 0 Å². The number of hydrogen-bond donors (Lipinski definition) is 1. The number of para-hydroxylation sites is 2. The summed E-state index contributed by atoms with van der Waals surface area (Å²) in [6.45, 7) is 0. The zero-order valence-corrected chi connectivity index (χ0v) is 13.6. The molecule has 0 aliphatic carbocycles. The van der Waals surface area contributed by atoms with Crippen molar-refractivity contribution in [2.75, 3.05) is 0 Å². The average Bonchev–Trinajstić information content (AvgIpc) is 2.88. The fourth-order valence-corrected chi connectivity index (χ4v) is 3.40. The standard InChI is InChI=1S/C19H12BrNO2/c20-12-9-10-14-13-5-1-3-7-16(13)21(18(14)11-12)17-8-4-2-6-15(17)19(22)23/h1-11H,(H,22,23). The van der Waals surface area contributed by atoms with Crippen LogP contribution in [0.2, 0.25) is 0 Å². The third-order valence-electron chi connectivity index (χ3n) is 4.01. The van der Waals surface area contributed by atoms with Crippen molar-refractivity contribution in [1.82, 2.24) is 4.57 Å². The first-order chi connectivity index (χ1) is 11.2. The minimum absolute atomic E-state index is 0.287. The van der Waals surface area contributed by atoms with E-state index in [1.807, 2.05) is 47.0 Å². The highest BCUT2D eigenvalue weighted by molar-refractivity contribution is 9.10. The van der Waals surface area contributed by atoms with Crippen molar-refractivity contribution in [3.05, 3.63) is 76.8 Å². The number of rotatable bonds is 2. The maximum Gasteiger partial charge on any atom is 0.337 e. The Morgan fingerprint density at radius 3 is 2.39 bits per heavy atom. The minimum Gasteiger partial charge on any atom is -0.478 e. The summed E-state index contributed by atoms with van der Waals surface area (Å²) in [5.41, 5.74) is 2.93. The van der Waals surface area contributed by atoms with Crippen molar-refractivity contribution in [3.63, 3.8) is 0 Å². The molecule has 3 nitrogen and oxygen atoms in total. The molecule has 0 saturated heterocycles. The first-order valence-corrected chi connectivity index (χ1v) is 7.97. The van der Waals surface area contributed by atoms with Crippen LogP contribution in [-0.2, 0) is 0 Å². The first kappa shape index (κ1) is 14.0. The summed E-state index contributed by atoms with van der Waals surface area (Å²) in [4.78, 5) is 11.6. The zero-order valence-electron chi connectivity index (χ0n) is 12.0. The summed E-state index contributed by atoms with van der Waals surface area (Å²) in [6.07, 6.45) is 0. The van der Waals surface area contributed by atoms with Crippen molar-refractivity contribution in [2.24, 2.45) is 0 Å². The van der Waals surface area contributed by atoms with Gasteiger partial charge in [-0.1, -0.05) is 52.3 Å². The molecule has 0 radical (unpaired) electrons. The Bertz CT molecular complexity index is 1070. The predicted molar refractivity (Wildman–Crippen MR) is 95.4 cm³/mol. The number of aromatic carboxylic acids is 1. The van der Waals surface area contributed by atoms with Crippen LogP contribution in [0.4, 0.5) is 0 Å². The molecule has 0 unspecified atom stereocenters. The number of carboxylic acids is 1. The van der Waals surface area contributed by atoms with Gasteiger partial charge in [0.05, 0.1) is 22.3 Å². The molecule has 4 aromatic rings. The van der Waals surface area contributed by atoms with Gasteiger partial charge in [-0.3, -0.25) is 0 Å². The summed E-state index contributed by atoms with van der Waals surface area (Å²) in [5.74, 6) is -0.929. The Kier molecular flexibility index (Phi) is 3.20. The molecule has 0 spiro atoms. The molecule has 3 aromatic carbocycles. The van der Waals surface area contributed by atoms with Crippen molar-refractivity contribution >= 4 is 43.7 Å². The summed E-state index contributed by atoms with van der Waals surface area (Å²) in [6, 6.07) is 21.2. The largest absolute Gasteiger partial charge is 0.478 e. The normalized spacial score (nSPS) is 11.2. The highest BCUT2D eigenvalue weighted by atomic mass is 79.9. The van der Waals surface area contributed by atoms with Crippen LogP contribution >= 0.6 is 15.9 Å². The number of hydrogen-bond acceptors (Lipinski definition) is 1. The van der Waals surface area contributed by atoms with Crippen LogP contribution in [0, 0.1) is 0 Å². The second-order valence-electron chi connectivity index (χ2n) is 5.34. The lowest BCUT2D eigenvalue weighted by atomic mass is 10.1. The van der Waals surface area contributed by atoms with E-state index in [1.54, 1.807) is 12.1 Å². The predicted octanol–water partition coefficient (Wildman–Crippen LogP) is 5.24. The molecule has 0 atom stereocenters.